The molecule has 0 bridgehead atoms. The molecule has 1 N–H and O–H groups in total. The van der Waals surface area contributed by atoms with Crippen LogP contribution in [0.5, 0.6) is 5.75 Å². The summed E-state index contributed by atoms with van der Waals surface area (Å²) in [5, 5.41) is 9.09. The summed E-state index contributed by atoms with van der Waals surface area (Å²) < 4.78 is 4.85. The fourth-order valence-corrected chi connectivity index (χ4v) is 1.33. The molecule has 3 nitrogen and oxygen atoms in total. The molecule has 3 heteroatoms. The largest absolute Gasteiger partial charge is 0.508 e. The highest BCUT2D eigenvalue weighted by Crippen LogP contribution is 2.11. The number of benzene rings is 1. The van der Waals surface area contributed by atoms with Crippen LogP contribution in [0, 0.1) is 0 Å². The molecule has 0 aliphatic carbocycles. The van der Waals surface area contributed by atoms with E-state index in [1.165, 1.54) is 11.6 Å². The van der Waals surface area contributed by atoms with E-state index in [1.807, 2.05) is 12.1 Å². The second-order valence-corrected chi connectivity index (χ2v) is 3.50. The van der Waals surface area contributed by atoms with Crippen LogP contribution in [0.4, 0.5) is 0 Å². The minimum Gasteiger partial charge on any atom is -0.508 e. The summed E-state index contributed by atoms with van der Waals surface area (Å²) in [5.74, 6) is -0.0895. The van der Waals surface area contributed by atoms with Crippen LogP contribution in [0.2, 0.25) is 0 Å². The Kier molecular flexibility index (Phi) is 5.12. The average molecular weight is 220 g/mol. The maximum atomic E-state index is 10.7. The molecule has 0 fully saturated rings. The third-order valence-electron chi connectivity index (χ3n) is 2.21. The van der Waals surface area contributed by atoms with Gasteiger partial charge in [0, 0.05) is 6.08 Å². The van der Waals surface area contributed by atoms with Gasteiger partial charge in [0.1, 0.15) is 5.75 Å². The van der Waals surface area contributed by atoms with E-state index in [4.69, 9.17) is 9.84 Å². The van der Waals surface area contributed by atoms with Gasteiger partial charge < -0.3 is 9.84 Å². The number of aryl methyl sites for hydroxylation is 1. The maximum Gasteiger partial charge on any atom is 0.330 e. The van der Waals surface area contributed by atoms with Crippen LogP contribution < -0.4 is 0 Å². The lowest BCUT2D eigenvalue weighted by atomic mass is 10.1. The number of esters is 1. The van der Waals surface area contributed by atoms with Gasteiger partial charge in [-0.2, -0.15) is 0 Å². The molecule has 0 spiro atoms. The monoisotopic (exact) mass is 220 g/mol. The summed E-state index contributed by atoms with van der Waals surface area (Å²) in [6.07, 6.45) is 3.88. The van der Waals surface area contributed by atoms with E-state index < -0.39 is 0 Å². The minimum absolute atomic E-state index is 0.281. The Morgan fingerprint density at radius 2 is 2.00 bits per heavy atom. The lowest BCUT2D eigenvalue weighted by Gasteiger charge is -2.02. The molecule has 86 valence electrons. The highest BCUT2D eigenvalue weighted by molar-refractivity contribution is 5.81. The van der Waals surface area contributed by atoms with Gasteiger partial charge in [-0.3, -0.25) is 0 Å². The predicted octanol–water partition coefficient (Wildman–Crippen LogP) is 2.44. The first-order valence-electron chi connectivity index (χ1n) is 5.29. The second kappa shape index (κ2) is 6.67. The molecule has 0 aliphatic heterocycles. The third kappa shape index (κ3) is 4.64. The van der Waals surface area contributed by atoms with Crippen LogP contribution in [0.1, 0.15) is 18.4 Å². The molecule has 0 saturated carbocycles. The summed E-state index contributed by atoms with van der Waals surface area (Å²) in [4.78, 5) is 10.7. The molecular formula is C13H16O3. The van der Waals surface area contributed by atoms with Crippen LogP contribution in [-0.4, -0.2) is 17.7 Å². The van der Waals surface area contributed by atoms with Gasteiger partial charge in [-0.25, -0.2) is 4.79 Å². The first-order chi connectivity index (χ1) is 7.72. The molecule has 1 aromatic carbocycles. The van der Waals surface area contributed by atoms with Crippen LogP contribution in [0.3, 0.4) is 0 Å². The van der Waals surface area contributed by atoms with Gasteiger partial charge in [-0.1, -0.05) is 18.7 Å². The number of hydrogen-bond acceptors (Lipinski definition) is 3. The summed E-state index contributed by atoms with van der Waals surface area (Å²) in [7, 11) is 0. The van der Waals surface area contributed by atoms with Crippen molar-refractivity contribution < 1.29 is 14.6 Å². The molecule has 0 saturated heterocycles. The molecule has 0 aromatic heterocycles. The fraction of sp³-hybridized carbons (Fsp3) is 0.308. The normalized spacial score (nSPS) is 9.75. The number of hydrogen-bond donors (Lipinski definition) is 1. The van der Waals surface area contributed by atoms with Gasteiger partial charge >= 0.3 is 5.97 Å². The Morgan fingerprint density at radius 3 is 2.62 bits per heavy atom. The number of phenols is 1. The summed E-state index contributed by atoms with van der Waals surface area (Å²) in [6, 6.07) is 7.14. The summed E-state index contributed by atoms with van der Waals surface area (Å²) >= 11 is 0. The zero-order valence-corrected chi connectivity index (χ0v) is 9.19. The summed E-state index contributed by atoms with van der Waals surface area (Å²) in [6.45, 7) is 3.75. The molecule has 0 aliphatic rings. The number of unbranched alkanes of at least 4 members (excludes halogenated alkanes) is 1. The first-order valence-corrected chi connectivity index (χ1v) is 5.29. The Morgan fingerprint density at radius 1 is 1.31 bits per heavy atom. The van der Waals surface area contributed by atoms with E-state index in [1.54, 1.807) is 12.1 Å². The van der Waals surface area contributed by atoms with E-state index in [-0.39, 0.29) is 11.7 Å². The number of ether oxygens (including phenoxy) is 1. The molecule has 0 radical (unpaired) electrons. The van der Waals surface area contributed by atoms with Crippen molar-refractivity contribution in [3.63, 3.8) is 0 Å². The van der Waals surface area contributed by atoms with Crippen LogP contribution in [0.25, 0.3) is 0 Å². The topological polar surface area (TPSA) is 46.5 Å². The Bertz CT molecular complexity index is 341. The zero-order valence-electron chi connectivity index (χ0n) is 9.19. The number of carbonyl (C=O) groups excluding carboxylic acids is 1. The van der Waals surface area contributed by atoms with E-state index in [2.05, 4.69) is 6.58 Å². The van der Waals surface area contributed by atoms with Gasteiger partial charge in [-0.15, -0.1) is 0 Å². The van der Waals surface area contributed by atoms with Crippen molar-refractivity contribution in [2.24, 2.45) is 0 Å². The minimum atomic E-state index is -0.371. The molecule has 0 atom stereocenters. The molecular weight excluding hydrogens is 204 g/mol. The standard InChI is InChI=1S/C13H16O3/c1-2-13(15)16-10-4-3-5-11-6-8-12(14)9-7-11/h2,6-9,14H,1,3-5,10H2. The van der Waals surface area contributed by atoms with Crippen molar-refractivity contribution in [2.45, 2.75) is 19.3 Å². The number of carbonyl (C=O) groups is 1. The van der Waals surface area contributed by atoms with Crippen LogP contribution in [0.15, 0.2) is 36.9 Å². The van der Waals surface area contributed by atoms with E-state index in [0.29, 0.717) is 6.61 Å². The van der Waals surface area contributed by atoms with E-state index in [0.717, 1.165) is 19.3 Å². The molecule has 0 unspecified atom stereocenters. The first kappa shape index (κ1) is 12.3. The fourth-order valence-electron chi connectivity index (χ4n) is 1.33. The Labute approximate surface area is 95.4 Å². The predicted molar refractivity (Wildman–Crippen MR) is 62.2 cm³/mol. The van der Waals surface area contributed by atoms with Crippen LogP contribution in [-0.2, 0) is 16.0 Å². The van der Waals surface area contributed by atoms with Crippen LogP contribution >= 0.6 is 0 Å². The van der Waals surface area contributed by atoms with E-state index in [9.17, 15) is 4.79 Å². The summed E-state index contributed by atoms with van der Waals surface area (Å²) in [5.41, 5.74) is 1.17. The van der Waals surface area contributed by atoms with Crippen molar-refractivity contribution in [3.05, 3.63) is 42.5 Å². The highest BCUT2D eigenvalue weighted by atomic mass is 16.5. The lowest BCUT2D eigenvalue weighted by Crippen LogP contribution is -2.02. The van der Waals surface area contributed by atoms with Crippen molar-refractivity contribution in [1.29, 1.82) is 0 Å². The van der Waals surface area contributed by atoms with Gasteiger partial charge in [0.15, 0.2) is 0 Å². The van der Waals surface area contributed by atoms with Crippen molar-refractivity contribution in [2.75, 3.05) is 6.61 Å². The third-order valence-corrected chi connectivity index (χ3v) is 2.21. The highest BCUT2D eigenvalue weighted by Gasteiger charge is 1.97. The Hall–Kier alpha value is -1.77. The zero-order chi connectivity index (χ0) is 11.8. The molecule has 1 aromatic rings. The molecule has 0 amide bonds. The number of aromatic hydroxyl groups is 1. The van der Waals surface area contributed by atoms with Gasteiger partial charge in [-0.05, 0) is 37.0 Å². The van der Waals surface area contributed by atoms with E-state index >= 15 is 0 Å². The second-order valence-electron chi connectivity index (χ2n) is 3.50. The average Bonchev–Trinajstić information content (AvgIpc) is 2.31. The molecule has 16 heavy (non-hydrogen) atoms. The number of phenolic OH excluding ortho intramolecular Hbond substituents is 1. The Balaban J connectivity index is 2.14. The maximum absolute atomic E-state index is 10.7. The lowest BCUT2D eigenvalue weighted by molar-refractivity contribution is -0.137. The molecule has 1 rings (SSSR count). The van der Waals surface area contributed by atoms with Gasteiger partial charge in [0.25, 0.3) is 0 Å². The smallest absolute Gasteiger partial charge is 0.330 e. The molecule has 0 heterocycles. The van der Waals surface area contributed by atoms with Gasteiger partial charge in [0.05, 0.1) is 6.61 Å². The van der Waals surface area contributed by atoms with Gasteiger partial charge in [0.2, 0.25) is 0 Å². The van der Waals surface area contributed by atoms with Crippen molar-refractivity contribution >= 4 is 5.97 Å². The number of rotatable bonds is 6. The van der Waals surface area contributed by atoms with Crippen molar-refractivity contribution in [3.8, 4) is 5.75 Å². The van der Waals surface area contributed by atoms with Crippen molar-refractivity contribution in [1.82, 2.24) is 0 Å². The SMILES string of the molecule is C=CC(=O)OCCCCc1ccc(O)cc1. The quantitative estimate of drug-likeness (QED) is 0.455.